The molecule has 10 aromatic rings. The van der Waals surface area contributed by atoms with Gasteiger partial charge in [-0.3, -0.25) is 0 Å². The Balaban J connectivity index is 1.12. The van der Waals surface area contributed by atoms with E-state index >= 15 is 0 Å². The van der Waals surface area contributed by atoms with Crippen molar-refractivity contribution in [2.45, 2.75) is 0 Å². The molecule has 8 aromatic carbocycles. The van der Waals surface area contributed by atoms with Gasteiger partial charge in [0.05, 0.1) is 22.4 Å². The Morgan fingerprint density at radius 2 is 0.882 bits per heavy atom. The molecular formula is C48H31N3. The molecule has 0 aliphatic rings. The Morgan fingerprint density at radius 3 is 1.61 bits per heavy atom. The minimum atomic E-state index is 0.712. The monoisotopic (exact) mass is 649 g/mol. The molecule has 51 heavy (non-hydrogen) atoms. The van der Waals surface area contributed by atoms with Crippen LogP contribution in [0.5, 0.6) is 0 Å². The maximum atomic E-state index is 5.28. The number of hydrogen-bond donors (Lipinski definition) is 0. The van der Waals surface area contributed by atoms with Gasteiger partial charge in [-0.2, -0.15) is 0 Å². The van der Waals surface area contributed by atoms with Gasteiger partial charge in [0.1, 0.15) is 0 Å². The molecule has 0 spiro atoms. The van der Waals surface area contributed by atoms with Gasteiger partial charge in [0.15, 0.2) is 5.82 Å². The molecule has 0 fully saturated rings. The summed E-state index contributed by atoms with van der Waals surface area (Å²) in [7, 11) is 0. The summed E-state index contributed by atoms with van der Waals surface area (Å²) in [5.74, 6) is 0.712. The zero-order valence-corrected chi connectivity index (χ0v) is 27.7. The third-order valence-electron chi connectivity index (χ3n) is 10.0. The molecule has 0 radical (unpaired) electrons. The third kappa shape index (κ3) is 4.90. The number of hydrogen-bond acceptors (Lipinski definition) is 2. The van der Waals surface area contributed by atoms with E-state index in [1.54, 1.807) is 0 Å². The summed E-state index contributed by atoms with van der Waals surface area (Å²) in [5.41, 5.74) is 10.9. The summed E-state index contributed by atoms with van der Waals surface area (Å²) < 4.78 is 2.36. The van der Waals surface area contributed by atoms with Gasteiger partial charge in [0.25, 0.3) is 0 Å². The summed E-state index contributed by atoms with van der Waals surface area (Å²) >= 11 is 0. The highest BCUT2D eigenvalue weighted by atomic mass is 15.0. The first-order chi connectivity index (χ1) is 25.3. The minimum absolute atomic E-state index is 0.712. The summed E-state index contributed by atoms with van der Waals surface area (Å²) in [4.78, 5) is 10.5. The molecule has 2 heterocycles. The van der Waals surface area contributed by atoms with Gasteiger partial charge in [-0.1, -0.05) is 152 Å². The Kier molecular flexibility index (Phi) is 6.81. The highest BCUT2D eigenvalue weighted by Crippen LogP contribution is 2.38. The van der Waals surface area contributed by atoms with Gasteiger partial charge in [-0.15, -0.1) is 0 Å². The lowest BCUT2D eigenvalue weighted by molar-refractivity contribution is 1.18. The van der Waals surface area contributed by atoms with E-state index in [1.807, 2.05) is 6.07 Å². The normalized spacial score (nSPS) is 11.5. The Hall–Kier alpha value is -6.84. The molecule has 0 unspecified atom stereocenters. The van der Waals surface area contributed by atoms with Crippen molar-refractivity contribution in [3.05, 3.63) is 188 Å². The number of benzene rings is 8. The van der Waals surface area contributed by atoms with E-state index in [9.17, 15) is 0 Å². The van der Waals surface area contributed by atoms with Crippen LogP contribution in [0.3, 0.4) is 0 Å². The lowest BCUT2D eigenvalue weighted by atomic mass is 9.94. The van der Waals surface area contributed by atoms with Crippen molar-refractivity contribution in [1.29, 1.82) is 0 Å². The van der Waals surface area contributed by atoms with Gasteiger partial charge in [0.2, 0.25) is 0 Å². The van der Waals surface area contributed by atoms with Crippen LogP contribution in [0, 0.1) is 0 Å². The molecule has 0 aliphatic carbocycles. The molecule has 3 nitrogen and oxygen atoms in total. The van der Waals surface area contributed by atoms with Crippen molar-refractivity contribution in [2.24, 2.45) is 0 Å². The molecule has 2 aromatic heterocycles. The van der Waals surface area contributed by atoms with E-state index in [2.05, 4.69) is 187 Å². The van der Waals surface area contributed by atoms with Gasteiger partial charge >= 0.3 is 0 Å². The van der Waals surface area contributed by atoms with Crippen LogP contribution >= 0.6 is 0 Å². The van der Waals surface area contributed by atoms with Crippen molar-refractivity contribution < 1.29 is 0 Å². The Bertz CT molecular complexity index is 2840. The molecule has 0 saturated carbocycles. The van der Waals surface area contributed by atoms with Crippen LogP contribution in [0.2, 0.25) is 0 Å². The maximum Gasteiger partial charge on any atom is 0.161 e. The van der Waals surface area contributed by atoms with Crippen molar-refractivity contribution in [3.8, 4) is 50.7 Å². The van der Waals surface area contributed by atoms with E-state index in [0.29, 0.717) is 5.82 Å². The fourth-order valence-corrected chi connectivity index (χ4v) is 7.65. The number of rotatable bonds is 5. The molecule has 0 aliphatic heterocycles. The Labute approximate surface area is 295 Å². The zero-order chi connectivity index (χ0) is 33.7. The predicted molar refractivity (Wildman–Crippen MR) is 213 cm³/mol. The first kappa shape index (κ1) is 29.1. The first-order valence-corrected chi connectivity index (χ1v) is 17.3. The molecule has 3 heteroatoms. The van der Waals surface area contributed by atoms with Gasteiger partial charge in [-0.05, 0) is 69.1 Å². The second kappa shape index (κ2) is 11.9. The number of nitrogens with zero attached hydrogens (tertiary/aromatic N) is 3. The largest absolute Gasteiger partial charge is 0.309 e. The van der Waals surface area contributed by atoms with Crippen LogP contribution in [-0.2, 0) is 0 Å². The lowest BCUT2D eigenvalue weighted by Gasteiger charge is -2.15. The zero-order valence-electron chi connectivity index (χ0n) is 27.7. The number of fused-ring (bicyclic) bond motifs is 5. The van der Waals surface area contributed by atoms with Crippen LogP contribution in [0.4, 0.5) is 0 Å². The standard InChI is InChI=1S/C48H31N3/c1-2-14-34(15-3-1)44-31-45(40-22-12-16-32-13-4-5-17-36(32)40)50-48(49-44)43-30-29-37(38-18-6-7-19-39(38)43)33-25-27-35(28-26-33)51-46-23-10-8-20-41(46)42-21-9-11-24-47(42)51/h1-31H. The smallest absolute Gasteiger partial charge is 0.161 e. The number of para-hydroxylation sites is 2. The van der Waals surface area contributed by atoms with Crippen molar-refractivity contribution in [3.63, 3.8) is 0 Å². The second-order valence-corrected chi connectivity index (χ2v) is 13.0. The van der Waals surface area contributed by atoms with Gasteiger partial charge in [0, 0.05) is 33.2 Å². The van der Waals surface area contributed by atoms with Gasteiger partial charge in [-0.25, -0.2) is 9.97 Å². The van der Waals surface area contributed by atoms with Crippen LogP contribution < -0.4 is 0 Å². The van der Waals surface area contributed by atoms with Crippen molar-refractivity contribution in [1.82, 2.24) is 14.5 Å². The molecule has 0 N–H and O–H groups in total. The highest BCUT2D eigenvalue weighted by Gasteiger charge is 2.17. The van der Waals surface area contributed by atoms with E-state index in [4.69, 9.17) is 9.97 Å². The summed E-state index contributed by atoms with van der Waals surface area (Å²) in [6.07, 6.45) is 0. The summed E-state index contributed by atoms with van der Waals surface area (Å²) in [6.45, 7) is 0. The molecule has 238 valence electrons. The van der Waals surface area contributed by atoms with Crippen LogP contribution in [0.1, 0.15) is 0 Å². The fourth-order valence-electron chi connectivity index (χ4n) is 7.65. The topological polar surface area (TPSA) is 30.7 Å². The van der Waals surface area contributed by atoms with Crippen LogP contribution in [-0.4, -0.2) is 14.5 Å². The van der Waals surface area contributed by atoms with E-state index in [0.717, 1.165) is 44.7 Å². The van der Waals surface area contributed by atoms with Crippen molar-refractivity contribution >= 4 is 43.4 Å². The van der Waals surface area contributed by atoms with Crippen molar-refractivity contribution in [2.75, 3.05) is 0 Å². The van der Waals surface area contributed by atoms with Gasteiger partial charge < -0.3 is 4.57 Å². The fraction of sp³-hybridized carbons (Fsp3) is 0. The van der Waals surface area contributed by atoms with E-state index in [-0.39, 0.29) is 0 Å². The number of aromatic nitrogens is 3. The SMILES string of the molecule is c1ccc(-c2cc(-c3cccc4ccccc34)nc(-c3ccc(-c4ccc(-n5c6ccccc6c6ccccc65)cc4)c4ccccc34)n2)cc1. The second-order valence-electron chi connectivity index (χ2n) is 13.0. The molecular weight excluding hydrogens is 619 g/mol. The van der Waals surface area contributed by atoms with Crippen LogP contribution in [0.15, 0.2) is 188 Å². The average molecular weight is 650 g/mol. The molecule has 0 bridgehead atoms. The average Bonchev–Trinajstić information content (AvgIpc) is 3.55. The predicted octanol–water partition coefficient (Wildman–Crippen LogP) is 12.5. The third-order valence-corrected chi connectivity index (χ3v) is 10.0. The molecule has 0 amide bonds. The summed E-state index contributed by atoms with van der Waals surface area (Å²) in [6, 6.07) is 66.7. The highest BCUT2D eigenvalue weighted by molar-refractivity contribution is 6.09. The minimum Gasteiger partial charge on any atom is -0.309 e. The van der Waals surface area contributed by atoms with E-state index in [1.165, 1.54) is 43.5 Å². The Morgan fingerprint density at radius 1 is 0.333 bits per heavy atom. The maximum absolute atomic E-state index is 5.28. The quantitative estimate of drug-likeness (QED) is 0.186. The molecule has 0 saturated heterocycles. The summed E-state index contributed by atoms with van der Waals surface area (Å²) in [5, 5.41) is 7.18. The van der Waals surface area contributed by atoms with Crippen LogP contribution in [0.25, 0.3) is 94.1 Å². The molecule has 0 atom stereocenters. The molecule has 10 rings (SSSR count). The lowest BCUT2D eigenvalue weighted by Crippen LogP contribution is -1.97. The van der Waals surface area contributed by atoms with E-state index < -0.39 is 0 Å². The first-order valence-electron chi connectivity index (χ1n) is 17.3.